The van der Waals surface area contributed by atoms with Crippen molar-refractivity contribution in [3.05, 3.63) is 151 Å². The van der Waals surface area contributed by atoms with E-state index in [0.29, 0.717) is 0 Å². The predicted octanol–water partition coefficient (Wildman–Crippen LogP) is 12.5. The van der Waals surface area contributed by atoms with Crippen molar-refractivity contribution < 1.29 is 4.42 Å². The summed E-state index contributed by atoms with van der Waals surface area (Å²) in [4.78, 5) is 0. The summed E-state index contributed by atoms with van der Waals surface area (Å²) in [6, 6.07) is 48.8. The van der Waals surface area contributed by atoms with E-state index in [0.717, 1.165) is 24.0 Å². The predicted molar refractivity (Wildman–Crippen MR) is 192 cm³/mol. The Balaban J connectivity index is 1.32. The lowest BCUT2D eigenvalue weighted by Gasteiger charge is -2.24. The van der Waals surface area contributed by atoms with Gasteiger partial charge in [0.15, 0.2) is 0 Å². The van der Waals surface area contributed by atoms with Crippen LogP contribution in [0.15, 0.2) is 144 Å². The highest BCUT2D eigenvalue weighted by molar-refractivity contribution is 6.21. The second kappa shape index (κ2) is 9.42. The maximum absolute atomic E-state index is 6.39. The zero-order valence-corrected chi connectivity index (χ0v) is 24.7. The lowest BCUT2D eigenvalue weighted by molar-refractivity contribution is 0.669. The first-order chi connectivity index (χ1) is 22.3. The summed E-state index contributed by atoms with van der Waals surface area (Å²) in [5, 5.41) is 12.6. The second-order valence-electron chi connectivity index (χ2n) is 12.3. The van der Waals surface area contributed by atoms with Crippen molar-refractivity contribution in [1.29, 1.82) is 0 Å². The van der Waals surface area contributed by atoms with Gasteiger partial charge in [-0.05, 0) is 114 Å². The van der Waals surface area contributed by atoms with Gasteiger partial charge in [0.1, 0.15) is 11.2 Å². The Bertz CT molecular complexity index is 2700. The Morgan fingerprint density at radius 3 is 1.98 bits per heavy atom. The van der Waals surface area contributed by atoms with Crippen LogP contribution in [-0.4, -0.2) is 0 Å². The molecule has 9 aromatic rings. The van der Waals surface area contributed by atoms with Crippen molar-refractivity contribution in [3.63, 3.8) is 0 Å². The molecule has 0 saturated carbocycles. The first-order valence-corrected chi connectivity index (χ1v) is 15.8. The van der Waals surface area contributed by atoms with Crippen molar-refractivity contribution in [1.82, 2.24) is 0 Å². The molecule has 0 unspecified atom stereocenters. The number of hydrogen-bond donors (Lipinski definition) is 0. The summed E-state index contributed by atoms with van der Waals surface area (Å²) >= 11 is 0. The third-order valence-corrected chi connectivity index (χ3v) is 9.89. The molecule has 1 heteroatoms. The summed E-state index contributed by atoms with van der Waals surface area (Å²) in [5.74, 6) is 0. The molecule has 0 spiro atoms. The molecule has 0 atom stereocenters. The van der Waals surface area contributed by atoms with Crippen LogP contribution in [0.3, 0.4) is 0 Å². The first-order valence-electron chi connectivity index (χ1n) is 15.8. The molecule has 1 aliphatic rings. The third kappa shape index (κ3) is 3.56. The quantitative estimate of drug-likeness (QED) is 0.188. The fourth-order valence-electron chi connectivity index (χ4n) is 7.97. The van der Waals surface area contributed by atoms with Gasteiger partial charge in [-0.1, -0.05) is 121 Å². The van der Waals surface area contributed by atoms with Gasteiger partial charge in [0.25, 0.3) is 0 Å². The highest BCUT2D eigenvalue weighted by Gasteiger charge is 2.23. The van der Waals surface area contributed by atoms with Crippen molar-refractivity contribution in [2.75, 3.05) is 0 Å². The number of rotatable bonds is 2. The van der Waals surface area contributed by atoms with Crippen LogP contribution in [0.4, 0.5) is 0 Å². The van der Waals surface area contributed by atoms with Gasteiger partial charge in [0.05, 0.1) is 0 Å². The Labute approximate surface area is 260 Å². The lowest BCUT2D eigenvalue weighted by atomic mass is 9.79. The molecule has 1 aliphatic carbocycles. The molecular formula is C44H28O. The fraction of sp³-hybridized carbons (Fsp3) is 0.0455. The van der Waals surface area contributed by atoms with E-state index >= 15 is 0 Å². The second-order valence-corrected chi connectivity index (χ2v) is 12.3. The molecule has 0 radical (unpaired) electrons. The van der Waals surface area contributed by atoms with E-state index in [-0.39, 0.29) is 0 Å². The summed E-state index contributed by atoms with van der Waals surface area (Å²) in [7, 11) is 0. The average molecular weight is 573 g/mol. The van der Waals surface area contributed by atoms with Gasteiger partial charge in [-0.25, -0.2) is 0 Å². The Kier molecular flexibility index (Phi) is 5.18. The summed E-state index contributed by atoms with van der Waals surface area (Å²) in [6.45, 7) is 0. The van der Waals surface area contributed by atoms with Gasteiger partial charge in [-0.3, -0.25) is 0 Å². The maximum atomic E-state index is 6.39. The number of hydrogen-bond acceptors (Lipinski definition) is 1. The average Bonchev–Trinajstić information content (AvgIpc) is 3.49. The molecule has 1 aromatic heterocycles. The van der Waals surface area contributed by atoms with Crippen LogP contribution in [-0.2, 0) is 6.42 Å². The van der Waals surface area contributed by atoms with Crippen LogP contribution in [0.25, 0.3) is 93.4 Å². The third-order valence-electron chi connectivity index (χ3n) is 9.89. The van der Waals surface area contributed by atoms with Gasteiger partial charge in [-0.15, -0.1) is 0 Å². The molecule has 0 bridgehead atoms. The zero-order chi connectivity index (χ0) is 29.5. The van der Waals surface area contributed by atoms with Crippen LogP contribution >= 0.6 is 0 Å². The topological polar surface area (TPSA) is 13.1 Å². The molecule has 210 valence electrons. The van der Waals surface area contributed by atoms with E-state index in [1.807, 2.05) is 0 Å². The molecule has 0 amide bonds. The standard InChI is InChI=1S/C44H28O/c1-4-14-31-27(11-1)21-24-41-44(31)39-26-29(22-23-40(39)45-41)42-34-17-7-9-19-36(34)43(37-20-10-8-18-35(37)42)38-25-28-12-2-3-13-30(28)32-15-5-6-16-33(32)38/h1-7,9-17,19-26H,8,18H2. The number of furan rings is 1. The van der Waals surface area contributed by atoms with Crippen LogP contribution < -0.4 is 0 Å². The van der Waals surface area contributed by atoms with E-state index in [2.05, 4.69) is 146 Å². The normalized spacial score (nSPS) is 13.1. The molecule has 0 saturated heterocycles. The van der Waals surface area contributed by atoms with E-state index < -0.39 is 0 Å². The van der Waals surface area contributed by atoms with Gasteiger partial charge < -0.3 is 4.42 Å². The number of fused-ring (bicyclic) bond motifs is 10. The molecule has 0 N–H and O–H groups in total. The maximum Gasteiger partial charge on any atom is 0.136 e. The minimum atomic E-state index is 0.933. The lowest BCUT2D eigenvalue weighted by Crippen LogP contribution is -2.03. The van der Waals surface area contributed by atoms with E-state index in [1.165, 1.54) is 87.2 Å². The number of benzene rings is 8. The summed E-state index contributed by atoms with van der Waals surface area (Å²) in [6.07, 6.45) is 6.79. The minimum absolute atomic E-state index is 0.933. The van der Waals surface area contributed by atoms with Crippen LogP contribution in [0, 0.1) is 0 Å². The van der Waals surface area contributed by atoms with Gasteiger partial charge in [-0.2, -0.15) is 0 Å². The van der Waals surface area contributed by atoms with Crippen molar-refractivity contribution >= 4 is 71.1 Å². The molecular weight excluding hydrogens is 544 g/mol. The van der Waals surface area contributed by atoms with Crippen molar-refractivity contribution in [3.8, 4) is 22.3 Å². The highest BCUT2D eigenvalue weighted by Crippen LogP contribution is 2.48. The monoisotopic (exact) mass is 572 g/mol. The van der Waals surface area contributed by atoms with Gasteiger partial charge >= 0.3 is 0 Å². The van der Waals surface area contributed by atoms with E-state index in [1.54, 1.807) is 0 Å². The van der Waals surface area contributed by atoms with Gasteiger partial charge in [0, 0.05) is 10.8 Å². The zero-order valence-electron chi connectivity index (χ0n) is 24.7. The Morgan fingerprint density at radius 1 is 0.467 bits per heavy atom. The largest absolute Gasteiger partial charge is 0.456 e. The molecule has 1 heterocycles. The van der Waals surface area contributed by atoms with Crippen LogP contribution in [0.2, 0.25) is 0 Å². The van der Waals surface area contributed by atoms with Crippen molar-refractivity contribution in [2.45, 2.75) is 12.8 Å². The first kappa shape index (κ1) is 24.7. The molecule has 1 nitrogen and oxygen atoms in total. The Hall–Kier alpha value is -5.66. The highest BCUT2D eigenvalue weighted by atomic mass is 16.3. The molecule has 10 rings (SSSR count). The van der Waals surface area contributed by atoms with E-state index in [4.69, 9.17) is 4.42 Å². The van der Waals surface area contributed by atoms with Crippen LogP contribution in [0.5, 0.6) is 0 Å². The fourth-order valence-corrected chi connectivity index (χ4v) is 7.97. The van der Waals surface area contributed by atoms with Crippen LogP contribution in [0.1, 0.15) is 17.5 Å². The van der Waals surface area contributed by atoms with Gasteiger partial charge in [0.2, 0.25) is 0 Å². The molecule has 0 aliphatic heterocycles. The summed E-state index contributed by atoms with van der Waals surface area (Å²) in [5.41, 5.74) is 9.88. The summed E-state index contributed by atoms with van der Waals surface area (Å²) < 4.78 is 6.39. The SMILES string of the molecule is C1=Cc2c(c(-c3ccc4oc5ccc6ccccc6c5c4c3)c3ccccc3c2-c2cc3ccccc3c3ccccc23)CC1. The minimum Gasteiger partial charge on any atom is -0.456 e. The molecule has 0 fully saturated rings. The van der Waals surface area contributed by atoms with Crippen molar-refractivity contribution in [2.24, 2.45) is 0 Å². The van der Waals surface area contributed by atoms with E-state index in [9.17, 15) is 0 Å². The Morgan fingerprint density at radius 2 is 1.13 bits per heavy atom. The number of allylic oxidation sites excluding steroid dienone is 1. The molecule has 45 heavy (non-hydrogen) atoms. The molecule has 8 aromatic carbocycles. The smallest absolute Gasteiger partial charge is 0.136 e.